The lowest BCUT2D eigenvalue weighted by Gasteiger charge is -2.05. The molecule has 2 rings (SSSR count). The number of rotatable bonds is 2. The van der Waals surface area contributed by atoms with Gasteiger partial charge in [0, 0.05) is 6.54 Å². The first-order valence-electron chi connectivity index (χ1n) is 5.51. The van der Waals surface area contributed by atoms with Crippen LogP contribution in [0.2, 0.25) is 0 Å². The van der Waals surface area contributed by atoms with Crippen LogP contribution in [0.25, 0.3) is 0 Å². The van der Waals surface area contributed by atoms with E-state index in [0.717, 1.165) is 13.1 Å². The highest BCUT2D eigenvalue weighted by Gasteiger charge is 2.08. The molecule has 1 aromatic rings. The van der Waals surface area contributed by atoms with E-state index >= 15 is 0 Å². The molecule has 0 radical (unpaired) electrons. The molecular weight excluding hydrogens is 220 g/mol. The summed E-state index contributed by atoms with van der Waals surface area (Å²) in [5.74, 6) is 0.0630. The number of aromatic nitrogens is 1. The molecule has 6 nitrogen and oxygen atoms in total. The summed E-state index contributed by atoms with van der Waals surface area (Å²) >= 11 is 0. The van der Waals surface area contributed by atoms with E-state index < -0.39 is 5.97 Å². The average molecular weight is 236 g/mol. The maximum absolute atomic E-state index is 10.7. The lowest BCUT2D eigenvalue weighted by molar-refractivity contribution is 0.0690. The van der Waals surface area contributed by atoms with Crippen molar-refractivity contribution in [2.45, 2.75) is 13.8 Å². The van der Waals surface area contributed by atoms with Gasteiger partial charge in [0.05, 0.1) is 6.54 Å². The molecule has 1 aliphatic heterocycles. The van der Waals surface area contributed by atoms with Gasteiger partial charge in [-0.25, -0.2) is 9.78 Å². The molecule has 0 aliphatic carbocycles. The van der Waals surface area contributed by atoms with Crippen molar-refractivity contribution in [3.05, 3.63) is 23.9 Å². The van der Waals surface area contributed by atoms with E-state index in [2.05, 4.69) is 20.6 Å². The van der Waals surface area contributed by atoms with Crippen LogP contribution in [0.4, 0.5) is 5.82 Å². The summed E-state index contributed by atoms with van der Waals surface area (Å²) in [5, 5.41) is 14.6. The lowest BCUT2D eigenvalue weighted by Crippen LogP contribution is -2.26. The number of guanidine groups is 1. The molecule has 0 saturated heterocycles. The van der Waals surface area contributed by atoms with Crippen LogP contribution in [0.1, 0.15) is 24.3 Å². The molecule has 6 heteroatoms. The summed E-state index contributed by atoms with van der Waals surface area (Å²) in [6.07, 6.45) is 0. The van der Waals surface area contributed by atoms with E-state index in [4.69, 9.17) is 5.11 Å². The van der Waals surface area contributed by atoms with Crippen LogP contribution in [0.5, 0.6) is 0 Å². The molecule has 0 amide bonds. The Morgan fingerprint density at radius 2 is 2.24 bits per heavy atom. The molecule has 0 fully saturated rings. The largest absolute Gasteiger partial charge is 0.477 e. The topological polar surface area (TPSA) is 86.6 Å². The third kappa shape index (κ3) is 3.75. The Balaban J connectivity index is 0.000000686. The minimum absolute atomic E-state index is 0.0126. The number of anilines is 1. The molecule has 0 bridgehead atoms. The fourth-order valence-electron chi connectivity index (χ4n) is 1.23. The minimum Gasteiger partial charge on any atom is -0.477 e. The average Bonchev–Trinajstić information content (AvgIpc) is 2.85. The van der Waals surface area contributed by atoms with Crippen LogP contribution in [0.3, 0.4) is 0 Å². The molecule has 0 aromatic carbocycles. The van der Waals surface area contributed by atoms with Crippen molar-refractivity contribution in [3.63, 3.8) is 0 Å². The Kier molecular flexibility index (Phi) is 4.93. The zero-order valence-electron chi connectivity index (χ0n) is 9.90. The predicted molar refractivity (Wildman–Crippen MR) is 66.5 cm³/mol. The lowest BCUT2D eigenvalue weighted by atomic mass is 10.3. The monoisotopic (exact) mass is 236 g/mol. The molecule has 17 heavy (non-hydrogen) atoms. The van der Waals surface area contributed by atoms with E-state index in [1.165, 1.54) is 6.07 Å². The molecule has 1 aromatic heterocycles. The maximum Gasteiger partial charge on any atom is 0.354 e. The SMILES string of the molecule is CC.O=C(O)c1cccc(NC2=NCCN2)n1. The quantitative estimate of drug-likeness (QED) is 0.717. The number of carboxylic acids is 1. The highest BCUT2D eigenvalue weighted by Crippen LogP contribution is 2.05. The van der Waals surface area contributed by atoms with Crippen molar-refractivity contribution >= 4 is 17.7 Å². The van der Waals surface area contributed by atoms with Gasteiger partial charge in [0.25, 0.3) is 0 Å². The molecule has 92 valence electrons. The Labute approximate surface area is 99.8 Å². The van der Waals surface area contributed by atoms with Gasteiger partial charge in [-0.2, -0.15) is 0 Å². The van der Waals surface area contributed by atoms with Crippen LogP contribution >= 0.6 is 0 Å². The summed E-state index contributed by atoms with van der Waals surface area (Å²) in [6, 6.07) is 4.76. The van der Waals surface area contributed by atoms with E-state index in [0.29, 0.717) is 11.8 Å². The molecule has 1 aliphatic rings. The smallest absolute Gasteiger partial charge is 0.354 e. The van der Waals surface area contributed by atoms with Gasteiger partial charge in [0.1, 0.15) is 5.82 Å². The predicted octanol–water partition coefficient (Wildman–Crippen LogP) is 1.18. The Hall–Kier alpha value is -2.11. The highest BCUT2D eigenvalue weighted by molar-refractivity contribution is 5.94. The Morgan fingerprint density at radius 1 is 1.47 bits per heavy atom. The van der Waals surface area contributed by atoms with Gasteiger partial charge in [-0.05, 0) is 12.1 Å². The van der Waals surface area contributed by atoms with Crippen LogP contribution in [0.15, 0.2) is 23.2 Å². The van der Waals surface area contributed by atoms with Crippen LogP contribution < -0.4 is 10.6 Å². The first-order chi connectivity index (χ1) is 8.25. The Bertz CT molecular complexity index is 418. The number of pyridine rings is 1. The molecule has 2 heterocycles. The third-order valence-electron chi connectivity index (χ3n) is 1.89. The zero-order chi connectivity index (χ0) is 12.7. The number of nitrogens with zero attached hydrogens (tertiary/aromatic N) is 2. The number of hydrogen-bond acceptors (Lipinski definition) is 5. The van der Waals surface area contributed by atoms with E-state index in [1.54, 1.807) is 12.1 Å². The van der Waals surface area contributed by atoms with Crippen molar-refractivity contribution in [1.82, 2.24) is 10.3 Å². The van der Waals surface area contributed by atoms with Crippen molar-refractivity contribution in [3.8, 4) is 0 Å². The van der Waals surface area contributed by atoms with Gasteiger partial charge >= 0.3 is 5.97 Å². The van der Waals surface area contributed by atoms with Gasteiger partial charge < -0.3 is 15.7 Å². The van der Waals surface area contributed by atoms with Gasteiger partial charge in [-0.3, -0.25) is 4.99 Å². The first kappa shape index (κ1) is 13.0. The summed E-state index contributed by atoms with van der Waals surface area (Å²) in [4.78, 5) is 18.7. The number of carbonyl (C=O) groups is 1. The normalized spacial score (nSPS) is 12.9. The van der Waals surface area contributed by atoms with Gasteiger partial charge in [0.15, 0.2) is 11.7 Å². The number of aromatic carboxylic acids is 1. The van der Waals surface area contributed by atoms with Crippen LogP contribution in [-0.2, 0) is 0 Å². The minimum atomic E-state index is -1.04. The second kappa shape index (κ2) is 6.47. The third-order valence-corrected chi connectivity index (χ3v) is 1.89. The second-order valence-electron chi connectivity index (χ2n) is 3.00. The number of hydrogen-bond donors (Lipinski definition) is 3. The van der Waals surface area contributed by atoms with Crippen molar-refractivity contribution < 1.29 is 9.90 Å². The highest BCUT2D eigenvalue weighted by atomic mass is 16.4. The molecular formula is C11H16N4O2. The van der Waals surface area contributed by atoms with Crippen molar-refractivity contribution in [2.75, 3.05) is 18.4 Å². The van der Waals surface area contributed by atoms with Crippen molar-refractivity contribution in [2.24, 2.45) is 4.99 Å². The standard InChI is InChI=1S/C9H10N4O2.C2H6/c14-8(15)6-2-1-3-7(12-6)13-9-10-4-5-11-9;1-2/h1-3H,4-5H2,(H,14,15)(H2,10,11,12,13);1-2H3. The molecule has 0 saturated carbocycles. The van der Waals surface area contributed by atoms with Crippen LogP contribution in [0, 0.1) is 0 Å². The van der Waals surface area contributed by atoms with Gasteiger partial charge in [-0.15, -0.1) is 0 Å². The van der Waals surface area contributed by atoms with E-state index in [-0.39, 0.29) is 5.69 Å². The first-order valence-corrected chi connectivity index (χ1v) is 5.51. The summed E-state index contributed by atoms with van der Waals surface area (Å²) < 4.78 is 0. The maximum atomic E-state index is 10.7. The zero-order valence-corrected chi connectivity index (χ0v) is 9.90. The van der Waals surface area contributed by atoms with Crippen molar-refractivity contribution in [1.29, 1.82) is 0 Å². The number of aliphatic imine (C=N–C) groups is 1. The summed E-state index contributed by atoms with van der Waals surface area (Å²) in [6.45, 7) is 5.52. The Morgan fingerprint density at radius 3 is 2.82 bits per heavy atom. The van der Waals surface area contributed by atoms with E-state index in [9.17, 15) is 4.79 Å². The van der Waals surface area contributed by atoms with E-state index in [1.807, 2.05) is 13.8 Å². The molecule has 0 spiro atoms. The van der Waals surface area contributed by atoms with Gasteiger partial charge in [0.2, 0.25) is 0 Å². The van der Waals surface area contributed by atoms with Gasteiger partial charge in [-0.1, -0.05) is 19.9 Å². The molecule has 3 N–H and O–H groups in total. The fourth-order valence-corrected chi connectivity index (χ4v) is 1.23. The number of nitrogens with one attached hydrogen (secondary N) is 2. The summed E-state index contributed by atoms with van der Waals surface area (Å²) in [5.41, 5.74) is 0.0126. The number of carboxylic acid groups (broad SMARTS) is 1. The fraction of sp³-hybridized carbons (Fsp3) is 0.364. The molecule has 0 atom stereocenters. The van der Waals surface area contributed by atoms with Crippen LogP contribution in [-0.4, -0.2) is 35.1 Å². The second-order valence-corrected chi connectivity index (χ2v) is 3.00. The molecule has 0 unspecified atom stereocenters. The summed E-state index contributed by atoms with van der Waals surface area (Å²) in [7, 11) is 0.